The summed E-state index contributed by atoms with van der Waals surface area (Å²) >= 11 is 1.22. The van der Waals surface area contributed by atoms with Crippen LogP contribution in [0.5, 0.6) is 5.75 Å². The maximum absolute atomic E-state index is 12.5. The number of carbonyl (C=O) groups excluding carboxylic acids is 1. The summed E-state index contributed by atoms with van der Waals surface area (Å²) in [6.07, 6.45) is 0.671. The van der Waals surface area contributed by atoms with E-state index in [1.54, 1.807) is 13.2 Å². The van der Waals surface area contributed by atoms with Gasteiger partial charge in [0.15, 0.2) is 5.17 Å². The number of carbonyl (C=O) groups is 1. The second-order valence-corrected chi connectivity index (χ2v) is 8.33. The standard InChI is InChI=1S/C18H18N2O5S2/c1-24-14-6-3-12(4-7-14)9-10-19-18-20-27(22,23)16-11-13(17(21)25-2)5-8-15(16)26-18/h3-8,11H,9-10H2,1-2H3,(H,19,20). The number of rotatable bonds is 5. The fraction of sp³-hybridized carbons (Fsp3) is 0.222. The molecule has 0 saturated heterocycles. The Bertz CT molecular complexity index is 985. The van der Waals surface area contributed by atoms with Gasteiger partial charge in [0.2, 0.25) is 0 Å². The SMILES string of the molecule is COC(=O)c1ccc2c(c1)S(=O)(=O)NC(=NCCc1ccc(OC)cc1)S2. The van der Waals surface area contributed by atoms with Gasteiger partial charge in [0.25, 0.3) is 10.0 Å². The van der Waals surface area contributed by atoms with Crippen LogP contribution in [0.4, 0.5) is 0 Å². The summed E-state index contributed by atoms with van der Waals surface area (Å²) in [6, 6.07) is 12.1. The molecular formula is C18H18N2O5S2. The van der Waals surface area contributed by atoms with Crippen molar-refractivity contribution < 1.29 is 22.7 Å². The number of sulfonamides is 1. The first-order chi connectivity index (χ1) is 12.9. The molecule has 0 spiro atoms. The van der Waals surface area contributed by atoms with E-state index in [0.717, 1.165) is 11.3 Å². The molecular weight excluding hydrogens is 388 g/mol. The zero-order valence-electron chi connectivity index (χ0n) is 14.8. The third-order valence-electron chi connectivity index (χ3n) is 3.90. The van der Waals surface area contributed by atoms with Gasteiger partial charge in [0.05, 0.1) is 19.8 Å². The number of thioether (sulfide) groups is 1. The van der Waals surface area contributed by atoms with E-state index in [4.69, 9.17) is 4.74 Å². The minimum Gasteiger partial charge on any atom is -0.497 e. The zero-order chi connectivity index (χ0) is 19.4. The van der Waals surface area contributed by atoms with Crippen LogP contribution in [0.1, 0.15) is 15.9 Å². The van der Waals surface area contributed by atoms with Gasteiger partial charge in [-0.25, -0.2) is 13.2 Å². The van der Waals surface area contributed by atoms with Gasteiger partial charge in [0, 0.05) is 11.4 Å². The number of esters is 1. The topological polar surface area (TPSA) is 94.1 Å². The van der Waals surface area contributed by atoms with Gasteiger partial charge in [-0.15, -0.1) is 0 Å². The van der Waals surface area contributed by atoms with Crippen LogP contribution in [0.25, 0.3) is 0 Å². The average molecular weight is 406 g/mol. The van der Waals surface area contributed by atoms with E-state index in [9.17, 15) is 13.2 Å². The molecule has 0 unspecified atom stereocenters. The van der Waals surface area contributed by atoms with E-state index in [0.29, 0.717) is 23.0 Å². The monoisotopic (exact) mass is 406 g/mol. The molecule has 7 nitrogen and oxygen atoms in total. The Balaban J connectivity index is 1.74. The molecule has 0 aromatic heterocycles. The first kappa shape index (κ1) is 19.2. The molecule has 142 valence electrons. The van der Waals surface area contributed by atoms with Crippen molar-refractivity contribution in [3.8, 4) is 5.75 Å². The number of fused-ring (bicyclic) bond motifs is 1. The van der Waals surface area contributed by atoms with Crippen LogP contribution < -0.4 is 9.46 Å². The van der Waals surface area contributed by atoms with Crippen LogP contribution in [0.3, 0.4) is 0 Å². The molecule has 0 saturated carbocycles. The molecule has 1 N–H and O–H groups in total. The molecule has 1 aliphatic rings. The maximum Gasteiger partial charge on any atom is 0.337 e. The lowest BCUT2D eigenvalue weighted by Crippen LogP contribution is -2.33. The molecule has 1 aliphatic heterocycles. The molecule has 0 radical (unpaired) electrons. The third-order valence-corrected chi connectivity index (χ3v) is 6.54. The summed E-state index contributed by atoms with van der Waals surface area (Å²) in [6.45, 7) is 0.437. The number of hydrogen-bond donors (Lipinski definition) is 1. The normalized spacial score (nSPS) is 16.3. The van der Waals surface area contributed by atoms with E-state index in [2.05, 4.69) is 14.5 Å². The van der Waals surface area contributed by atoms with Crippen LogP contribution in [0.2, 0.25) is 0 Å². The minimum absolute atomic E-state index is 0.0458. The quantitative estimate of drug-likeness (QED) is 0.767. The highest BCUT2D eigenvalue weighted by atomic mass is 32.2. The van der Waals surface area contributed by atoms with Gasteiger partial charge in [-0.3, -0.25) is 9.71 Å². The number of aliphatic imine (C=N–C) groups is 1. The van der Waals surface area contributed by atoms with Gasteiger partial charge in [-0.05, 0) is 42.3 Å². The molecule has 0 aliphatic carbocycles. The lowest BCUT2D eigenvalue weighted by Gasteiger charge is -2.19. The molecule has 1 heterocycles. The zero-order valence-corrected chi connectivity index (χ0v) is 16.4. The first-order valence-electron chi connectivity index (χ1n) is 8.03. The lowest BCUT2D eigenvalue weighted by atomic mass is 10.1. The van der Waals surface area contributed by atoms with Crippen LogP contribution in [0, 0.1) is 0 Å². The van der Waals surface area contributed by atoms with Crippen LogP contribution in [-0.4, -0.2) is 40.3 Å². The predicted octanol–water partition coefficient (Wildman–Crippen LogP) is 2.46. The van der Waals surface area contributed by atoms with Crippen molar-refractivity contribution in [1.82, 2.24) is 4.72 Å². The van der Waals surface area contributed by atoms with Crippen molar-refractivity contribution in [3.05, 3.63) is 53.6 Å². The van der Waals surface area contributed by atoms with E-state index in [-0.39, 0.29) is 10.5 Å². The van der Waals surface area contributed by atoms with Crippen molar-refractivity contribution in [3.63, 3.8) is 0 Å². The molecule has 2 aromatic rings. The van der Waals surface area contributed by atoms with E-state index < -0.39 is 16.0 Å². The highest BCUT2D eigenvalue weighted by molar-refractivity contribution is 8.16. The summed E-state index contributed by atoms with van der Waals surface area (Å²) < 4.78 is 37.2. The van der Waals surface area contributed by atoms with E-state index in [1.807, 2.05) is 24.3 Å². The number of nitrogens with zero attached hydrogens (tertiary/aromatic N) is 1. The largest absolute Gasteiger partial charge is 0.497 e. The van der Waals surface area contributed by atoms with Crippen molar-refractivity contribution in [1.29, 1.82) is 0 Å². The summed E-state index contributed by atoms with van der Waals surface area (Å²) in [7, 11) is -0.928. The molecule has 0 bridgehead atoms. The number of ether oxygens (including phenoxy) is 2. The highest BCUT2D eigenvalue weighted by Gasteiger charge is 2.28. The fourth-order valence-corrected chi connectivity index (χ4v) is 5.11. The lowest BCUT2D eigenvalue weighted by molar-refractivity contribution is 0.0600. The average Bonchev–Trinajstić information content (AvgIpc) is 2.67. The van der Waals surface area contributed by atoms with Gasteiger partial charge in [-0.2, -0.15) is 0 Å². The number of nitrogens with one attached hydrogen (secondary N) is 1. The third kappa shape index (κ3) is 4.42. The number of benzene rings is 2. The minimum atomic E-state index is -3.79. The molecule has 9 heteroatoms. The Kier molecular flexibility index (Phi) is 5.71. The molecule has 0 fully saturated rings. The summed E-state index contributed by atoms with van der Waals surface area (Å²) in [5.41, 5.74) is 1.26. The number of methoxy groups -OCH3 is 2. The number of amidine groups is 1. The van der Waals surface area contributed by atoms with Crippen LogP contribution in [0.15, 0.2) is 57.2 Å². The van der Waals surface area contributed by atoms with Gasteiger partial charge in [0.1, 0.15) is 10.6 Å². The number of hydrogen-bond acceptors (Lipinski definition) is 7. The van der Waals surface area contributed by atoms with E-state index in [1.165, 1.54) is 31.0 Å². The second kappa shape index (κ2) is 8.01. The Morgan fingerprint density at radius 3 is 2.56 bits per heavy atom. The fourth-order valence-electron chi connectivity index (χ4n) is 2.49. The van der Waals surface area contributed by atoms with Crippen LogP contribution in [-0.2, 0) is 21.2 Å². The van der Waals surface area contributed by atoms with Crippen molar-refractivity contribution in [2.45, 2.75) is 16.2 Å². The maximum atomic E-state index is 12.5. The first-order valence-corrected chi connectivity index (χ1v) is 10.3. The Morgan fingerprint density at radius 2 is 1.89 bits per heavy atom. The Hall–Kier alpha value is -2.52. The molecule has 2 aromatic carbocycles. The smallest absolute Gasteiger partial charge is 0.337 e. The Morgan fingerprint density at radius 1 is 1.15 bits per heavy atom. The molecule has 0 atom stereocenters. The molecule has 27 heavy (non-hydrogen) atoms. The van der Waals surface area contributed by atoms with Crippen molar-refractivity contribution >= 4 is 32.9 Å². The van der Waals surface area contributed by atoms with Crippen LogP contribution >= 0.6 is 11.8 Å². The van der Waals surface area contributed by atoms with Crippen molar-refractivity contribution in [2.24, 2.45) is 4.99 Å². The van der Waals surface area contributed by atoms with Gasteiger partial charge >= 0.3 is 5.97 Å². The van der Waals surface area contributed by atoms with Gasteiger partial charge in [-0.1, -0.05) is 23.9 Å². The second-order valence-electron chi connectivity index (χ2n) is 5.65. The highest BCUT2D eigenvalue weighted by Crippen LogP contribution is 2.32. The Labute approximate surface area is 161 Å². The summed E-state index contributed by atoms with van der Waals surface area (Å²) in [5.74, 6) is 0.195. The van der Waals surface area contributed by atoms with Crippen molar-refractivity contribution in [2.75, 3.05) is 20.8 Å². The van der Waals surface area contributed by atoms with E-state index >= 15 is 0 Å². The predicted molar refractivity (Wildman–Crippen MR) is 103 cm³/mol. The molecule has 3 rings (SSSR count). The van der Waals surface area contributed by atoms with Gasteiger partial charge < -0.3 is 9.47 Å². The summed E-state index contributed by atoms with van der Waals surface area (Å²) in [4.78, 5) is 16.5. The summed E-state index contributed by atoms with van der Waals surface area (Å²) in [5, 5.41) is 0.307. The molecule has 0 amide bonds.